The predicted molar refractivity (Wildman–Crippen MR) is 148 cm³/mol. The Balaban J connectivity index is 0.000000216. The number of carbonyl (C=O) groups is 3. The Morgan fingerprint density at radius 1 is 0.789 bits per heavy atom. The lowest BCUT2D eigenvalue weighted by Crippen LogP contribution is -2.58. The Hall–Kier alpha value is -2.37. The minimum Gasteiger partial charge on any atom is -0.478 e. The molecule has 0 heterocycles. The summed E-state index contributed by atoms with van der Waals surface area (Å²) in [6.07, 6.45) is 9.67. The predicted octanol–water partition coefficient (Wildman–Crippen LogP) is 7.69. The van der Waals surface area contributed by atoms with Crippen molar-refractivity contribution in [2.24, 2.45) is 34.0 Å². The molecule has 1 aromatic carbocycles. The van der Waals surface area contributed by atoms with Crippen LogP contribution < -0.4 is 4.74 Å². The minimum absolute atomic E-state index is 0.00857. The van der Waals surface area contributed by atoms with Gasteiger partial charge in [0.25, 0.3) is 0 Å². The number of rotatable bonds is 8. The van der Waals surface area contributed by atoms with Crippen LogP contribution in [0.3, 0.4) is 0 Å². The lowest BCUT2D eigenvalue weighted by molar-refractivity contribution is -0.206. The van der Waals surface area contributed by atoms with E-state index in [1.165, 1.54) is 62.8 Å². The molecule has 0 amide bonds. The first kappa shape index (κ1) is 30.2. The van der Waals surface area contributed by atoms with Crippen molar-refractivity contribution in [1.29, 1.82) is 0 Å². The summed E-state index contributed by atoms with van der Waals surface area (Å²) >= 11 is 0. The fourth-order valence-corrected chi connectivity index (χ4v) is 6.53. The maximum atomic E-state index is 12.6. The van der Waals surface area contributed by atoms with Gasteiger partial charge in [-0.1, -0.05) is 13.8 Å². The van der Waals surface area contributed by atoms with Crippen LogP contribution in [0.5, 0.6) is 5.75 Å². The number of esters is 2. The van der Waals surface area contributed by atoms with Crippen LogP contribution in [-0.2, 0) is 14.3 Å². The Bertz CT molecular complexity index is 982. The summed E-state index contributed by atoms with van der Waals surface area (Å²) in [5.74, 6) is 1.72. The van der Waals surface area contributed by atoms with Crippen LogP contribution in [0, 0.1) is 34.0 Å². The van der Waals surface area contributed by atoms with E-state index in [0.29, 0.717) is 12.2 Å². The number of benzene rings is 1. The lowest BCUT2D eigenvalue weighted by atomic mass is 9.46. The summed E-state index contributed by atoms with van der Waals surface area (Å²) in [6.45, 7) is 16.0. The van der Waals surface area contributed by atoms with E-state index in [4.69, 9.17) is 14.6 Å². The highest BCUT2D eigenvalue weighted by Crippen LogP contribution is 2.64. The summed E-state index contributed by atoms with van der Waals surface area (Å²) < 4.78 is 11.3. The average molecular weight is 529 g/mol. The molecule has 0 spiro atoms. The number of carboxylic acid groups (broad SMARTS) is 1. The second-order valence-electron chi connectivity index (χ2n) is 13.8. The van der Waals surface area contributed by atoms with Gasteiger partial charge in [-0.05, 0) is 135 Å². The van der Waals surface area contributed by atoms with Gasteiger partial charge in [0, 0.05) is 5.41 Å². The van der Waals surface area contributed by atoms with Gasteiger partial charge in [-0.25, -0.2) is 4.79 Å². The van der Waals surface area contributed by atoms with E-state index >= 15 is 0 Å². The molecule has 0 aromatic heterocycles. The largest absolute Gasteiger partial charge is 0.478 e. The smallest absolute Gasteiger partial charge is 0.335 e. The SMILES string of the molecule is CCC(C)(C)C(=O)OC(C)(C)C12CC3CC(CC(C3)C1)C2.CCC(C)(C)C(=O)Oc1ccc(C(=O)O)cc1. The number of carbonyl (C=O) groups excluding carboxylic acids is 2. The highest BCUT2D eigenvalue weighted by molar-refractivity contribution is 5.87. The first-order valence-corrected chi connectivity index (χ1v) is 14.3. The van der Waals surface area contributed by atoms with Crippen LogP contribution in [0.4, 0.5) is 0 Å². The van der Waals surface area contributed by atoms with Gasteiger partial charge in [0.15, 0.2) is 0 Å². The quantitative estimate of drug-likeness (QED) is 0.275. The molecule has 212 valence electrons. The van der Waals surface area contributed by atoms with E-state index in [1.807, 2.05) is 20.8 Å². The maximum absolute atomic E-state index is 12.6. The fraction of sp³-hybridized carbons (Fsp3) is 0.719. The van der Waals surface area contributed by atoms with Gasteiger partial charge in [0.05, 0.1) is 16.4 Å². The van der Waals surface area contributed by atoms with Gasteiger partial charge in [-0.15, -0.1) is 0 Å². The normalized spacial score (nSPS) is 26.3. The third-order valence-electron chi connectivity index (χ3n) is 9.85. The number of ether oxygens (including phenoxy) is 2. The first-order chi connectivity index (χ1) is 17.5. The second kappa shape index (κ2) is 11.0. The Labute approximate surface area is 228 Å². The number of aromatic carboxylic acids is 1. The third kappa shape index (κ3) is 6.43. The van der Waals surface area contributed by atoms with Gasteiger partial charge < -0.3 is 14.6 Å². The summed E-state index contributed by atoms with van der Waals surface area (Å²) in [6, 6.07) is 5.77. The summed E-state index contributed by atoms with van der Waals surface area (Å²) in [5, 5.41) is 8.72. The molecule has 4 aliphatic rings. The standard InChI is InChI=1S/C19H32O2.C13H16O4/c1-6-17(2,3)16(20)21-18(4,5)19-10-13-7-14(11-19)9-15(8-13)12-19;1-4-13(2,3)12(16)17-10-7-5-9(6-8-10)11(14)15/h13-15H,6-12H2,1-5H3;5-8H,4H2,1-3H3,(H,14,15). The van der Waals surface area contributed by atoms with Crippen molar-refractivity contribution in [1.82, 2.24) is 0 Å². The van der Waals surface area contributed by atoms with Gasteiger partial charge >= 0.3 is 17.9 Å². The van der Waals surface area contributed by atoms with E-state index in [0.717, 1.165) is 24.2 Å². The molecule has 4 bridgehead atoms. The van der Waals surface area contributed by atoms with Gasteiger partial charge in [-0.3, -0.25) is 9.59 Å². The molecule has 6 nitrogen and oxygen atoms in total. The van der Waals surface area contributed by atoms with Gasteiger partial charge in [0.1, 0.15) is 11.4 Å². The molecule has 1 aromatic rings. The number of carboxylic acids is 1. The van der Waals surface area contributed by atoms with E-state index in [2.05, 4.69) is 20.8 Å². The topological polar surface area (TPSA) is 89.9 Å². The van der Waals surface area contributed by atoms with E-state index in [-0.39, 0.29) is 33.9 Å². The number of hydrogen-bond donors (Lipinski definition) is 1. The molecule has 0 radical (unpaired) electrons. The molecule has 1 N–H and O–H groups in total. The van der Waals surface area contributed by atoms with Crippen molar-refractivity contribution in [2.75, 3.05) is 0 Å². The van der Waals surface area contributed by atoms with Gasteiger partial charge in [0.2, 0.25) is 0 Å². The van der Waals surface area contributed by atoms with Crippen LogP contribution in [0.2, 0.25) is 0 Å². The molecule has 6 heteroatoms. The summed E-state index contributed by atoms with van der Waals surface area (Å²) in [7, 11) is 0. The molecule has 4 fully saturated rings. The first-order valence-electron chi connectivity index (χ1n) is 14.3. The Kier molecular flexibility index (Phi) is 8.75. The maximum Gasteiger partial charge on any atom is 0.335 e. The Morgan fingerprint density at radius 2 is 1.21 bits per heavy atom. The zero-order valence-corrected chi connectivity index (χ0v) is 24.7. The van der Waals surface area contributed by atoms with Crippen molar-refractivity contribution in [3.8, 4) is 5.75 Å². The van der Waals surface area contributed by atoms with Gasteiger partial charge in [-0.2, -0.15) is 0 Å². The molecular weight excluding hydrogens is 480 g/mol. The molecule has 0 unspecified atom stereocenters. The number of hydrogen-bond acceptors (Lipinski definition) is 5. The molecule has 0 saturated heterocycles. The van der Waals surface area contributed by atoms with Crippen molar-refractivity contribution in [3.63, 3.8) is 0 Å². The fourth-order valence-electron chi connectivity index (χ4n) is 6.53. The molecule has 0 aliphatic heterocycles. The van der Waals surface area contributed by atoms with E-state index in [9.17, 15) is 14.4 Å². The molecule has 4 saturated carbocycles. The summed E-state index contributed by atoms with van der Waals surface area (Å²) in [4.78, 5) is 35.0. The third-order valence-corrected chi connectivity index (χ3v) is 9.85. The van der Waals surface area contributed by atoms with Crippen LogP contribution in [0.25, 0.3) is 0 Å². The molecule has 38 heavy (non-hydrogen) atoms. The van der Waals surface area contributed by atoms with E-state index in [1.54, 1.807) is 13.8 Å². The minimum atomic E-state index is -1.00. The van der Waals surface area contributed by atoms with Crippen molar-refractivity contribution in [2.45, 2.75) is 112 Å². The van der Waals surface area contributed by atoms with Crippen LogP contribution >= 0.6 is 0 Å². The molecule has 5 rings (SSSR count). The highest BCUT2D eigenvalue weighted by atomic mass is 16.6. The van der Waals surface area contributed by atoms with Crippen molar-refractivity contribution in [3.05, 3.63) is 29.8 Å². The average Bonchev–Trinajstić information content (AvgIpc) is 2.83. The van der Waals surface area contributed by atoms with E-state index < -0.39 is 11.4 Å². The van der Waals surface area contributed by atoms with Crippen LogP contribution in [0.1, 0.15) is 117 Å². The van der Waals surface area contributed by atoms with Crippen molar-refractivity contribution >= 4 is 17.9 Å². The Morgan fingerprint density at radius 3 is 1.61 bits per heavy atom. The summed E-state index contributed by atoms with van der Waals surface area (Å²) in [5.41, 5.74) is -0.793. The lowest BCUT2D eigenvalue weighted by Gasteiger charge is -2.61. The van der Waals surface area contributed by atoms with Crippen LogP contribution in [0.15, 0.2) is 24.3 Å². The molecular formula is C32H48O6. The van der Waals surface area contributed by atoms with Crippen LogP contribution in [-0.4, -0.2) is 28.6 Å². The molecule has 0 atom stereocenters. The van der Waals surface area contributed by atoms with Crippen molar-refractivity contribution < 1.29 is 29.0 Å². The zero-order chi connectivity index (χ0) is 28.5. The zero-order valence-electron chi connectivity index (χ0n) is 24.7. The highest BCUT2D eigenvalue weighted by Gasteiger charge is 2.59. The monoisotopic (exact) mass is 528 g/mol. The molecule has 4 aliphatic carbocycles. The second-order valence-corrected chi connectivity index (χ2v) is 13.8.